The summed E-state index contributed by atoms with van der Waals surface area (Å²) in [7, 11) is 1.93. The standard InChI is InChI=1S/C15H17ClN2O/c1-17-13-10-12(16)6-5-11(13)9-14(17)15(19)18-7-3-2-4-8-18/h5-6,9-10H,2-4,7-8H2,1H3. The average molecular weight is 277 g/mol. The predicted octanol–water partition coefficient (Wildman–Crippen LogP) is 3.46. The van der Waals surface area contributed by atoms with Crippen molar-refractivity contribution in [1.82, 2.24) is 9.47 Å². The minimum atomic E-state index is 0.134. The molecule has 0 N–H and O–H groups in total. The second kappa shape index (κ2) is 4.89. The second-order valence-electron chi connectivity index (χ2n) is 5.14. The normalized spacial score (nSPS) is 16.0. The number of likely N-dealkylation sites (tertiary alicyclic amines) is 1. The fourth-order valence-electron chi connectivity index (χ4n) is 2.77. The van der Waals surface area contributed by atoms with Crippen molar-refractivity contribution in [3.8, 4) is 0 Å². The Bertz CT molecular complexity index is 626. The average Bonchev–Trinajstić information content (AvgIpc) is 2.76. The Kier molecular flexibility index (Phi) is 3.23. The van der Waals surface area contributed by atoms with Crippen LogP contribution in [-0.4, -0.2) is 28.5 Å². The Morgan fingerprint density at radius 1 is 1.16 bits per heavy atom. The molecule has 3 rings (SSSR count). The maximum absolute atomic E-state index is 12.5. The molecule has 0 saturated carbocycles. The summed E-state index contributed by atoms with van der Waals surface area (Å²) >= 11 is 6.02. The molecule has 1 fully saturated rings. The fourth-order valence-corrected chi connectivity index (χ4v) is 2.93. The van der Waals surface area contributed by atoms with Crippen LogP contribution in [-0.2, 0) is 7.05 Å². The van der Waals surface area contributed by atoms with Crippen molar-refractivity contribution in [3.05, 3.63) is 35.0 Å². The van der Waals surface area contributed by atoms with Gasteiger partial charge in [-0.15, -0.1) is 0 Å². The SMILES string of the molecule is Cn1c(C(=O)N2CCCCC2)cc2ccc(Cl)cc21. The molecule has 0 bridgehead atoms. The van der Waals surface area contributed by atoms with Gasteiger partial charge in [-0.2, -0.15) is 0 Å². The zero-order chi connectivity index (χ0) is 13.4. The highest BCUT2D eigenvalue weighted by atomic mass is 35.5. The molecule has 0 atom stereocenters. The number of benzene rings is 1. The van der Waals surface area contributed by atoms with Crippen LogP contribution in [0.4, 0.5) is 0 Å². The van der Waals surface area contributed by atoms with Crippen LogP contribution in [0.3, 0.4) is 0 Å². The van der Waals surface area contributed by atoms with Gasteiger partial charge in [0.2, 0.25) is 0 Å². The fraction of sp³-hybridized carbons (Fsp3) is 0.400. The molecule has 0 unspecified atom stereocenters. The predicted molar refractivity (Wildman–Crippen MR) is 77.7 cm³/mol. The van der Waals surface area contributed by atoms with Gasteiger partial charge in [-0.25, -0.2) is 0 Å². The molecule has 1 saturated heterocycles. The van der Waals surface area contributed by atoms with Crippen LogP contribution in [0.1, 0.15) is 29.8 Å². The van der Waals surface area contributed by atoms with E-state index in [1.165, 1.54) is 6.42 Å². The summed E-state index contributed by atoms with van der Waals surface area (Å²) in [5.74, 6) is 0.134. The molecule has 2 heterocycles. The molecule has 2 aromatic rings. The zero-order valence-corrected chi connectivity index (χ0v) is 11.8. The summed E-state index contributed by atoms with van der Waals surface area (Å²) in [6.45, 7) is 1.75. The topological polar surface area (TPSA) is 25.2 Å². The Morgan fingerprint density at radius 3 is 2.63 bits per heavy atom. The van der Waals surface area contributed by atoms with Gasteiger partial charge in [-0.1, -0.05) is 17.7 Å². The van der Waals surface area contributed by atoms with Crippen LogP contribution in [0.25, 0.3) is 10.9 Å². The van der Waals surface area contributed by atoms with E-state index in [1.54, 1.807) is 0 Å². The maximum Gasteiger partial charge on any atom is 0.270 e. The lowest BCUT2D eigenvalue weighted by Gasteiger charge is -2.26. The van der Waals surface area contributed by atoms with Gasteiger partial charge in [0.15, 0.2) is 0 Å². The third-order valence-electron chi connectivity index (χ3n) is 3.87. The molecule has 1 aliphatic rings. The first-order chi connectivity index (χ1) is 9.16. The van der Waals surface area contributed by atoms with Crippen molar-refractivity contribution in [2.24, 2.45) is 7.05 Å². The maximum atomic E-state index is 12.5. The van der Waals surface area contributed by atoms with E-state index in [9.17, 15) is 4.79 Å². The minimum Gasteiger partial charge on any atom is -0.340 e. The number of rotatable bonds is 1. The molecule has 1 amide bonds. The number of aryl methyl sites for hydroxylation is 1. The van der Waals surface area contributed by atoms with Crippen LogP contribution >= 0.6 is 11.6 Å². The van der Waals surface area contributed by atoms with Gasteiger partial charge < -0.3 is 9.47 Å². The van der Waals surface area contributed by atoms with Crippen molar-refractivity contribution >= 4 is 28.4 Å². The van der Waals surface area contributed by atoms with Gasteiger partial charge in [-0.3, -0.25) is 4.79 Å². The summed E-state index contributed by atoms with van der Waals surface area (Å²) in [5, 5.41) is 1.76. The molecule has 0 radical (unpaired) electrons. The van der Waals surface area contributed by atoms with E-state index in [4.69, 9.17) is 11.6 Å². The van der Waals surface area contributed by atoms with Crippen molar-refractivity contribution in [1.29, 1.82) is 0 Å². The highest BCUT2D eigenvalue weighted by molar-refractivity contribution is 6.31. The Balaban J connectivity index is 2.00. The van der Waals surface area contributed by atoms with Crippen LogP contribution < -0.4 is 0 Å². The highest BCUT2D eigenvalue weighted by Crippen LogP contribution is 2.24. The van der Waals surface area contributed by atoms with Crippen molar-refractivity contribution in [3.63, 3.8) is 0 Å². The van der Waals surface area contributed by atoms with E-state index >= 15 is 0 Å². The number of nitrogens with zero attached hydrogens (tertiary/aromatic N) is 2. The molecule has 4 heteroatoms. The number of piperidine rings is 1. The Labute approximate surface area is 117 Å². The molecule has 100 valence electrons. The van der Waals surface area contributed by atoms with Crippen LogP contribution in [0, 0.1) is 0 Å². The lowest BCUT2D eigenvalue weighted by molar-refractivity contribution is 0.0715. The zero-order valence-electron chi connectivity index (χ0n) is 11.0. The number of fused-ring (bicyclic) bond motifs is 1. The van der Waals surface area contributed by atoms with Crippen LogP contribution in [0.5, 0.6) is 0 Å². The largest absolute Gasteiger partial charge is 0.340 e. The van der Waals surface area contributed by atoms with Crippen LogP contribution in [0.15, 0.2) is 24.3 Å². The van der Waals surface area contributed by atoms with E-state index < -0.39 is 0 Å². The molecule has 0 spiro atoms. The number of carbonyl (C=O) groups excluding carboxylic acids is 1. The second-order valence-corrected chi connectivity index (χ2v) is 5.58. The number of aromatic nitrogens is 1. The lowest BCUT2D eigenvalue weighted by atomic mass is 10.1. The number of hydrogen-bond donors (Lipinski definition) is 0. The summed E-state index contributed by atoms with van der Waals surface area (Å²) in [6.07, 6.45) is 3.46. The van der Waals surface area contributed by atoms with E-state index in [0.717, 1.165) is 42.5 Å². The first-order valence-electron chi connectivity index (χ1n) is 6.71. The van der Waals surface area contributed by atoms with Crippen LogP contribution in [0.2, 0.25) is 5.02 Å². The highest BCUT2D eigenvalue weighted by Gasteiger charge is 2.21. The smallest absolute Gasteiger partial charge is 0.270 e. The monoisotopic (exact) mass is 276 g/mol. The number of hydrogen-bond acceptors (Lipinski definition) is 1. The molecule has 0 aliphatic carbocycles. The first kappa shape index (κ1) is 12.5. The lowest BCUT2D eigenvalue weighted by Crippen LogP contribution is -2.36. The summed E-state index contributed by atoms with van der Waals surface area (Å²) in [6, 6.07) is 7.69. The quantitative estimate of drug-likeness (QED) is 0.783. The first-order valence-corrected chi connectivity index (χ1v) is 7.09. The van der Waals surface area contributed by atoms with Crippen molar-refractivity contribution in [2.75, 3.05) is 13.1 Å². The summed E-state index contributed by atoms with van der Waals surface area (Å²) in [5.41, 5.74) is 1.76. The summed E-state index contributed by atoms with van der Waals surface area (Å²) in [4.78, 5) is 14.5. The molecular weight excluding hydrogens is 260 g/mol. The Hall–Kier alpha value is -1.48. The number of amides is 1. The molecule has 1 aromatic carbocycles. The minimum absolute atomic E-state index is 0.134. The third kappa shape index (κ3) is 2.23. The van der Waals surface area contributed by atoms with Crippen molar-refractivity contribution in [2.45, 2.75) is 19.3 Å². The molecule has 3 nitrogen and oxygen atoms in total. The van der Waals surface area contributed by atoms with Gasteiger partial charge in [-0.05, 0) is 37.5 Å². The van der Waals surface area contributed by atoms with Gasteiger partial charge in [0.05, 0.1) is 0 Å². The van der Waals surface area contributed by atoms with Gasteiger partial charge in [0, 0.05) is 36.1 Å². The number of halogens is 1. The molecular formula is C15H17ClN2O. The van der Waals surface area contributed by atoms with Gasteiger partial charge in [0.25, 0.3) is 5.91 Å². The van der Waals surface area contributed by atoms with E-state index in [2.05, 4.69) is 0 Å². The van der Waals surface area contributed by atoms with Crippen molar-refractivity contribution < 1.29 is 4.79 Å². The third-order valence-corrected chi connectivity index (χ3v) is 4.10. The van der Waals surface area contributed by atoms with Gasteiger partial charge in [0.1, 0.15) is 5.69 Å². The Morgan fingerprint density at radius 2 is 1.89 bits per heavy atom. The molecule has 1 aliphatic heterocycles. The van der Waals surface area contributed by atoms with Gasteiger partial charge >= 0.3 is 0 Å². The molecule has 19 heavy (non-hydrogen) atoms. The summed E-state index contributed by atoms with van der Waals surface area (Å²) < 4.78 is 1.94. The van der Waals surface area contributed by atoms with E-state index in [1.807, 2.05) is 40.8 Å². The van der Waals surface area contributed by atoms with E-state index in [-0.39, 0.29) is 5.91 Å². The number of carbonyl (C=O) groups is 1. The molecule has 1 aromatic heterocycles. The van der Waals surface area contributed by atoms with E-state index in [0.29, 0.717) is 5.02 Å².